The summed E-state index contributed by atoms with van der Waals surface area (Å²) in [5.41, 5.74) is 0. The normalized spacial score (nSPS) is 1.50. The van der Waals surface area contributed by atoms with Crippen LogP contribution in [0.3, 0.4) is 0 Å². The Bertz CT molecular complexity index is 8.00. The van der Waals surface area contributed by atoms with Crippen LogP contribution < -0.4 is 0 Å². The second kappa shape index (κ2) is 17.4. The van der Waals surface area contributed by atoms with Gasteiger partial charge < -0.3 is 4.89 Å². The van der Waals surface area contributed by atoms with Crippen LogP contribution in [0.25, 0.3) is 0 Å². The van der Waals surface area contributed by atoms with Crippen LogP contribution in [0.4, 0.5) is 0 Å². The fourth-order valence-corrected chi connectivity index (χ4v) is 0. The van der Waals surface area contributed by atoms with E-state index in [1.807, 2.05) is 0 Å². The van der Waals surface area contributed by atoms with Crippen molar-refractivity contribution in [3.63, 3.8) is 0 Å². The first-order chi connectivity index (χ1) is 1.00. The molecule has 0 fully saturated rings. The van der Waals surface area contributed by atoms with Crippen molar-refractivity contribution in [1.29, 1.82) is 0 Å². The summed E-state index contributed by atoms with van der Waals surface area (Å²) in [5, 5.41) is 0. The Hall–Kier alpha value is 2.65. The molecule has 0 aliphatic carbocycles. The Balaban J connectivity index is -0.00000000500. The van der Waals surface area contributed by atoms with Gasteiger partial charge in [0.1, 0.15) is 0 Å². The first-order valence-corrected chi connectivity index (χ1v) is 0.775. The van der Waals surface area contributed by atoms with Gasteiger partial charge in [-0.25, -0.2) is 0 Å². The van der Waals surface area contributed by atoms with Crippen molar-refractivity contribution in [2.45, 2.75) is 0 Å². The van der Waals surface area contributed by atoms with E-state index in [1.54, 1.807) is 0 Å². The number of hydrogen-bond acceptors (Lipinski definition) is 1. The van der Waals surface area contributed by atoms with Crippen LogP contribution >= 0.6 is 9.47 Å². The molecule has 1 N–H and O–H groups in total. The SMILES string of the molecule is OP.[CaH2].[NaH]. The quantitative estimate of drug-likeness (QED) is 0.292. The van der Waals surface area contributed by atoms with Gasteiger partial charge in [0, 0.05) is 0 Å². The van der Waals surface area contributed by atoms with Gasteiger partial charge in [0.05, 0.1) is 0 Å². The summed E-state index contributed by atoms with van der Waals surface area (Å²) in [6, 6.07) is 0. The molecule has 1 nitrogen and oxygen atoms in total. The Morgan fingerprint density at radius 2 is 1.25 bits per heavy atom. The summed E-state index contributed by atoms with van der Waals surface area (Å²) in [4.78, 5) is 6.92. The molecule has 1 unspecified atom stereocenters. The van der Waals surface area contributed by atoms with E-state index in [0.717, 1.165) is 0 Å². The van der Waals surface area contributed by atoms with Crippen molar-refractivity contribution >= 4 is 76.8 Å². The zero-order valence-corrected chi connectivity index (χ0v) is 2.18. The van der Waals surface area contributed by atoms with Gasteiger partial charge in [-0.05, 0) is 9.47 Å². The summed E-state index contributed by atoms with van der Waals surface area (Å²) in [6.45, 7) is 0. The molecule has 0 saturated carbocycles. The van der Waals surface area contributed by atoms with Crippen molar-refractivity contribution in [2.75, 3.05) is 0 Å². The predicted molar refractivity (Wildman–Crippen MR) is 27.6 cm³/mol. The third-order valence-electron chi connectivity index (χ3n) is 0. The second-order valence-corrected chi connectivity index (χ2v) is 0. The van der Waals surface area contributed by atoms with E-state index in [2.05, 4.69) is 0 Å². The molecule has 0 aromatic heterocycles. The molecule has 0 bridgehead atoms. The van der Waals surface area contributed by atoms with Crippen LogP contribution in [0.15, 0.2) is 0 Å². The maximum absolute atomic E-state index is 6.92. The van der Waals surface area contributed by atoms with Gasteiger partial charge in [-0.1, -0.05) is 0 Å². The average molecular weight is 116 g/mol. The van der Waals surface area contributed by atoms with Crippen molar-refractivity contribution in [1.82, 2.24) is 0 Å². The van der Waals surface area contributed by atoms with Crippen LogP contribution in [0.2, 0.25) is 0 Å². The van der Waals surface area contributed by atoms with E-state index < -0.39 is 0 Å². The van der Waals surface area contributed by atoms with Crippen LogP contribution in [0, 0.1) is 0 Å². The summed E-state index contributed by atoms with van der Waals surface area (Å²) >= 11 is 0. The standard InChI is InChI=1S/Ca.Na.H3OP.3H/c;;1-2;;;/h;;1H,2H2;;;. The van der Waals surface area contributed by atoms with Gasteiger partial charge in [0.2, 0.25) is 0 Å². The molecule has 1 atom stereocenters. The average Bonchev–Trinajstić information content (AvgIpc) is 1.00. The van der Waals surface area contributed by atoms with E-state index >= 15 is 0 Å². The van der Waals surface area contributed by atoms with E-state index in [-0.39, 0.29) is 67.3 Å². The minimum atomic E-state index is 0. The zero-order chi connectivity index (χ0) is 2.00. The fraction of sp³-hybridized carbons (Fsp3) is 0. The third-order valence-corrected chi connectivity index (χ3v) is 0. The van der Waals surface area contributed by atoms with Gasteiger partial charge in [-0.2, -0.15) is 0 Å². The van der Waals surface area contributed by atoms with E-state index in [4.69, 9.17) is 4.89 Å². The molecule has 0 amide bonds. The maximum atomic E-state index is 6.92. The third kappa shape index (κ3) is 8.82. The van der Waals surface area contributed by atoms with Gasteiger partial charge in [-0.15, -0.1) is 0 Å². The fourth-order valence-electron chi connectivity index (χ4n) is 0. The van der Waals surface area contributed by atoms with Crippen LogP contribution in [0.1, 0.15) is 0 Å². The first kappa shape index (κ1) is 15.9. The molecule has 0 aliphatic rings. The van der Waals surface area contributed by atoms with E-state index in [9.17, 15) is 0 Å². The molecule has 4 heteroatoms. The van der Waals surface area contributed by atoms with Gasteiger partial charge in [0.25, 0.3) is 0 Å². The predicted octanol–water partition coefficient (Wildman–Crippen LogP) is -1.80. The molecule has 0 rings (SSSR count). The molecular weight excluding hydrogens is 110 g/mol. The second-order valence-electron chi connectivity index (χ2n) is 0. The van der Waals surface area contributed by atoms with Crippen LogP contribution in [-0.2, 0) is 0 Å². The first-order valence-electron chi connectivity index (χ1n) is 0.258. The van der Waals surface area contributed by atoms with Gasteiger partial charge in [0.15, 0.2) is 0 Å². The molecule has 0 aromatic carbocycles. The molecular formula is H6CaNaOP. The van der Waals surface area contributed by atoms with Crippen molar-refractivity contribution in [3.05, 3.63) is 0 Å². The molecule has 0 radical (unpaired) electrons. The molecule has 4 heavy (non-hydrogen) atoms. The Morgan fingerprint density at radius 1 is 1.25 bits per heavy atom. The summed E-state index contributed by atoms with van der Waals surface area (Å²) < 4.78 is 0. The summed E-state index contributed by atoms with van der Waals surface area (Å²) in [6.07, 6.45) is 0. The summed E-state index contributed by atoms with van der Waals surface area (Å²) in [7, 11) is 1.42. The van der Waals surface area contributed by atoms with Crippen molar-refractivity contribution < 1.29 is 4.89 Å². The molecule has 0 aromatic rings. The van der Waals surface area contributed by atoms with Gasteiger partial charge in [-0.3, -0.25) is 0 Å². The molecule has 0 saturated heterocycles. The Morgan fingerprint density at radius 3 is 1.25 bits per heavy atom. The molecule has 0 spiro atoms. The zero-order valence-electron chi connectivity index (χ0n) is 1.02. The van der Waals surface area contributed by atoms with Crippen molar-refractivity contribution in [3.8, 4) is 0 Å². The molecule has 0 aliphatic heterocycles. The molecule has 0 heterocycles. The Labute approximate surface area is 80.1 Å². The number of hydrogen-bond donors (Lipinski definition) is 1. The van der Waals surface area contributed by atoms with Gasteiger partial charge >= 0.3 is 67.3 Å². The topological polar surface area (TPSA) is 20.2 Å². The van der Waals surface area contributed by atoms with Crippen LogP contribution in [-0.4, -0.2) is 72.2 Å². The summed E-state index contributed by atoms with van der Waals surface area (Å²) in [5.74, 6) is 0. The molecule has 20 valence electrons. The van der Waals surface area contributed by atoms with E-state index in [0.29, 0.717) is 0 Å². The van der Waals surface area contributed by atoms with Crippen LogP contribution in [0.5, 0.6) is 0 Å². The van der Waals surface area contributed by atoms with E-state index in [1.165, 1.54) is 9.47 Å². The monoisotopic (exact) mass is 116 g/mol. The Kier molecular flexibility index (Phi) is 69.3. The minimum absolute atomic E-state index is 0. The number of rotatable bonds is 0. The van der Waals surface area contributed by atoms with Crippen molar-refractivity contribution in [2.24, 2.45) is 0 Å².